The fourth-order valence-corrected chi connectivity index (χ4v) is 3.30. The molecule has 17 heavy (non-hydrogen) atoms. The minimum absolute atomic E-state index is 0.0655. The molecular formula is C13H18O3S. The van der Waals surface area contributed by atoms with Crippen LogP contribution >= 0.6 is 11.8 Å². The first kappa shape index (κ1) is 12.6. The van der Waals surface area contributed by atoms with Gasteiger partial charge in [0.25, 0.3) is 0 Å². The van der Waals surface area contributed by atoms with Crippen LogP contribution in [0.3, 0.4) is 0 Å². The van der Waals surface area contributed by atoms with Crippen LogP contribution in [0.1, 0.15) is 29.5 Å². The fourth-order valence-electron chi connectivity index (χ4n) is 2.02. The number of hydrogen-bond acceptors (Lipinski definition) is 4. The third-order valence-electron chi connectivity index (χ3n) is 3.26. The Balaban J connectivity index is 2.32. The lowest BCUT2D eigenvalue weighted by Gasteiger charge is -2.12. The van der Waals surface area contributed by atoms with Gasteiger partial charge in [0.2, 0.25) is 0 Å². The molecule has 1 aromatic carbocycles. The molecule has 1 atom stereocenters. The van der Waals surface area contributed by atoms with Gasteiger partial charge in [0.15, 0.2) is 0 Å². The minimum atomic E-state index is 0.0655. The molecule has 1 aliphatic heterocycles. The van der Waals surface area contributed by atoms with Crippen molar-refractivity contribution >= 4 is 11.8 Å². The molecule has 1 aliphatic rings. The van der Waals surface area contributed by atoms with Gasteiger partial charge in [-0.1, -0.05) is 11.8 Å². The van der Waals surface area contributed by atoms with Crippen molar-refractivity contribution in [1.29, 1.82) is 0 Å². The maximum absolute atomic E-state index is 10.0. The number of phenolic OH excluding ortho intramolecular Hbond substituents is 1. The van der Waals surface area contributed by atoms with E-state index in [9.17, 15) is 5.11 Å². The van der Waals surface area contributed by atoms with Crippen molar-refractivity contribution in [3.8, 4) is 11.5 Å². The maximum atomic E-state index is 10.0. The van der Waals surface area contributed by atoms with Crippen LogP contribution in [0.25, 0.3) is 0 Å². The number of fused-ring (bicyclic) bond motifs is 1. The van der Waals surface area contributed by atoms with Crippen molar-refractivity contribution in [2.75, 3.05) is 6.61 Å². The number of thioether (sulfide) groups is 1. The Kier molecular flexibility index (Phi) is 3.54. The second-order valence-corrected chi connectivity index (χ2v) is 5.58. The lowest BCUT2D eigenvalue weighted by Crippen LogP contribution is -2.07. The summed E-state index contributed by atoms with van der Waals surface area (Å²) in [5.41, 5.74) is 2.88. The first-order chi connectivity index (χ1) is 8.06. The van der Waals surface area contributed by atoms with E-state index < -0.39 is 0 Å². The number of aliphatic hydroxyl groups is 1. The second kappa shape index (κ2) is 4.78. The molecule has 1 heterocycles. The Morgan fingerprint density at radius 3 is 2.53 bits per heavy atom. The molecule has 1 aromatic rings. The first-order valence-corrected chi connectivity index (χ1v) is 6.71. The molecule has 4 heteroatoms. The molecule has 0 fully saturated rings. The molecule has 0 spiro atoms. The minimum Gasteiger partial charge on any atom is -0.507 e. The summed E-state index contributed by atoms with van der Waals surface area (Å²) < 4.78 is 5.90. The van der Waals surface area contributed by atoms with Gasteiger partial charge >= 0.3 is 0 Å². The van der Waals surface area contributed by atoms with Crippen molar-refractivity contribution in [3.63, 3.8) is 0 Å². The number of aromatic hydroxyl groups is 1. The summed E-state index contributed by atoms with van der Waals surface area (Å²) in [4.78, 5) is 1.05. The number of ether oxygens (including phenoxy) is 1. The van der Waals surface area contributed by atoms with E-state index in [1.807, 2.05) is 20.8 Å². The summed E-state index contributed by atoms with van der Waals surface area (Å²) in [6.07, 6.45) is 1.57. The van der Waals surface area contributed by atoms with Crippen LogP contribution in [0.15, 0.2) is 4.90 Å². The lowest BCUT2D eigenvalue weighted by molar-refractivity contribution is 0.238. The number of benzene rings is 1. The molecule has 0 aromatic heterocycles. The third kappa shape index (κ3) is 2.11. The summed E-state index contributed by atoms with van der Waals surface area (Å²) in [6.45, 7) is 6.00. The molecule has 3 nitrogen and oxygen atoms in total. The highest BCUT2D eigenvalue weighted by atomic mass is 32.2. The summed E-state index contributed by atoms with van der Waals surface area (Å²) in [5.74, 6) is 1.28. The number of aliphatic hydroxyl groups excluding tert-OH is 1. The first-order valence-electron chi connectivity index (χ1n) is 5.83. The molecule has 2 N–H and O–H groups in total. The van der Waals surface area contributed by atoms with Crippen molar-refractivity contribution < 1.29 is 14.9 Å². The number of rotatable bonds is 3. The molecule has 0 saturated heterocycles. The molecule has 0 saturated carbocycles. The van der Waals surface area contributed by atoms with Gasteiger partial charge in [-0.3, -0.25) is 0 Å². The molecule has 2 rings (SSSR count). The Labute approximate surface area is 106 Å². The Bertz CT molecular complexity index is 406. The molecule has 0 aliphatic carbocycles. The molecule has 0 radical (unpaired) electrons. The Hall–Kier alpha value is -0.870. The van der Waals surface area contributed by atoms with Crippen LogP contribution in [-0.2, 0) is 0 Å². The van der Waals surface area contributed by atoms with Gasteiger partial charge in [-0.15, -0.1) is 0 Å². The van der Waals surface area contributed by atoms with Gasteiger partial charge in [0.1, 0.15) is 16.9 Å². The van der Waals surface area contributed by atoms with Crippen LogP contribution in [-0.4, -0.2) is 22.3 Å². The zero-order valence-electron chi connectivity index (χ0n) is 10.4. The van der Waals surface area contributed by atoms with Crippen LogP contribution in [0.2, 0.25) is 0 Å². The summed E-state index contributed by atoms with van der Waals surface area (Å²) in [6, 6.07) is 0. The van der Waals surface area contributed by atoms with Crippen LogP contribution < -0.4 is 4.74 Å². The topological polar surface area (TPSA) is 49.7 Å². The van der Waals surface area contributed by atoms with Gasteiger partial charge in [-0.05, 0) is 44.7 Å². The zero-order chi connectivity index (χ0) is 12.6. The van der Waals surface area contributed by atoms with Crippen molar-refractivity contribution in [2.24, 2.45) is 0 Å². The highest BCUT2D eigenvalue weighted by Crippen LogP contribution is 2.50. The summed E-state index contributed by atoms with van der Waals surface area (Å²) in [5, 5.41) is 18.8. The predicted molar refractivity (Wildman–Crippen MR) is 68.9 cm³/mol. The Morgan fingerprint density at radius 1 is 1.18 bits per heavy atom. The molecular weight excluding hydrogens is 236 g/mol. The molecule has 0 bridgehead atoms. The molecule has 0 unspecified atom stereocenters. The van der Waals surface area contributed by atoms with Crippen molar-refractivity contribution in [3.05, 3.63) is 16.7 Å². The summed E-state index contributed by atoms with van der Waals surface area (Å²) >= 11 is 1.65. The second-order valence-electron chi connectivity index (χ2n) is 4.41. The Morgan fingerprint density at radius 2 is 1.88 bits per heavy atom. The van der Waals surface area contributed by atoms with Crippen LogP contribution in [0, 0.1) is 20.8 Å². The predicted octanol–water partition coefficient (Wildman–Crippen LogP) is 2.90. The lowest BCUT2D eigenvalue weighted by atomic mass is 10.0. The van der Waals surface area contributed by atoms with Gasteiger partial charge in [0.05, 0.1) is 4.90 Å². The van der Waals surface area contributed by atoms with E-state index in [1.165, 1.54) is 0 Å². The normalized spacial score (nSPS) is 18.0. The van der Waals surface area contributed by atoms with Gasteiger partial charge in [-0.2, -0.15) is 0 Å². The zero-order valence-corrected chi connectivity index (χ0v) is 11.2. The molecule has 94 valence electrons. The van der Waals surface area contributed by atoms with Gasteiger partial charge < -0.3 is 14.9 Å². The number of hydrogen-bond donors (Lipinski definition) is 2. The van der Waals surface area contributed by atoms with E-state index in [-0.39, 0.29) is 12.0 Å². The van der Waals surface area contributed by atoms with Crippen molar-refractivity contribution in [2.45, 2.75) is 43.9 Å². The van der Waals surface area contributed by atoms with E-state index in [0.717, 1.165) is 40.2 Å². The van der Waals surface area contributed by atoms with Gasteiger partial charge in [-0.25, -0.2) is 0 Å². The monoisotopic (exact) mass is 254 g/mol. The van der Waals surface area contributed by atoms with E-state index in [4.69, 9.17) is 9.84 Å². The number of phenols is 1. The largest absolute Gasteiger partial charge is 0.507 e. The van der Waals surface area contributed by atoms with E-state index in [2.05, 4.69) is 0 Å². The smallest absolute Gasteiger partial charge is 0.149 e. The van der Waals surface area contributed by atoms with Crippen LogP contribution in [0.5, 0.6) is 11.5 Å². The maximum Gasteiger partial charge on any atom is 0.149 e. The fraction of sp³-hybridized carbons (Fsp3) is 0.538. The summed E-state index contributed by atoms with van der Waals surface area (Å²) in [7, 11) is 0. The van der Waals surface area contributed by atoms with E-state index >= 15 is 0 Å². The quantitative estimate of drug-likeness (QED) is 0.870. The van der Waals surface area contributed by atoms with E-state index in [0.29, 0.717) is 5.75 Å². The average Bonchev–Trinajstić information content (AvgIpc) is 2.75. The third-order valence-corrected chi connectivity index (χ3v) is 4.58. The highest BCUT2D eigenvalue weighted by Gasteiger charge is 2.29. The van der Waals surface area contributed by atoms with Crippen molar-refractivity contribution in [1.82, 2.24) is 0 Å². The van der Waals surface area contributed by atoms with Gasteiger partial charge in [0, 0.05) is 12.2 Å². The average molecular weight is 254 g/mol. The highest BCUT2D eigenvalue weighted by molar-refractivity contribution is 8.00. The molecule has 0 amide bonds. The standard InChI is InChI=1S/C13H18O3S/c1-7-8(2)12-13(9(3)11(7)15)17-10(16-12)5-4-6-14/h10,14-15H,4-6H2,1-3H3/t10-/m0/s1. The SMILES string of the molecule is Cc1c(C)c2c(c(C)c1O)S[C@@H](CCCO)O2. The van der Waals surface area contributed by atoms with Crippen LogP contribution in [0.4, 0.5) is 0 Å². The van der Waals surface area contributed by atoms with E-state index in [1.54, 1.807) is 11.8 Å².